The maximum absolute atomic E-state index is 14.4. The van der Waals surface area contributed by atoms with E-state index in [1.165, 1.54) is 19.1 Å². The highest BCUT2D eigenvalue weighted by Crippen LogP contribution is 2.34. The van der Waals surface area contributed by atoms with Crippen LogP contribution in [-0.4, -0.2) is 64.2 Å². The van der Waals surface area contributed by atoms with Gasteiger partial charge < -0.3 is 19.7 Å². The fourth-order valence-corrected chi connectivity index (χ4v) is 6.51. The lowest BCUT2D eigenvalue weighted by Gasteiger charge is -2.35. The van der Waals surface area contributed by atoms with E-state index in [1.807, 2.05) is 61.5 Å². The number of aryl methyl sites for hydroxylation is 1. The van der Waals surface area contributed by atoms with Gasteiger partial charge in [-0.1, -0.05) is 73.9 Å². The lowest BCUT2D eigenvalue weighted by molar-refractivity contribution is -0.140. The largest absolute Gasteiger partial charge is 0.497 e. The molecule has 1 aliphatic rings. The van der Waals surface area contributed by atoms with E-state index < -0.39 is 28.5 Å². The highest BCUT2D eigenvalue weighted by molar-refractivity contribution is 7.92. The number of hydrogen-bond donors (Lipinski definition) is 1. The van der Waals surface area contributed by atoms with E-state index >= 15 is 0 Å². The molecule has 0 unspecified atom stereocenters. The minimum absolute atomic E-state index is 0.0426. The number of amides is 2. The van der Waals surface area contributed by atoms with E-state index in [1.54, 1.807) is 18.2 Å². The summed E-state index contributed by atoms with van der Waals surface area (Å²) in [5, 5.41) is 3.22. The van der Waals surface area contributed by atoms with Crippen molar-refractivity contribution >= 4 is 27.5 Å². The molecular formula is C34H43N3O6S. The van der Waals surface area contributed by atoms with Crippen LogP contribution in [0.1, 0.15) is 48.8 Å². The van der Waals surface area contributed by atoms with Crippen molar-refractivity contribution in [3.8, 4) is 11.5 Å². The van der Waals surface area contributed by atoms with Crippen molar-refractivity contribution in [3.63, 3.8) is 0 Å². The molecule has 0 spiro atoms. The van der Waals surface area contributed by atoms with Gasteiger partial charge in [0.05, 0.1) is 26.2 Å². The third-order valence-electron chi connectivity index (χ3n) is 8.16. The van der Waals surface area contributed by atoms with Crippen molar-refractivity contribution in [2.24, 2.45) is 0 Å². The summed E-state index contributed by atoms with van der Waals surface area (Å²) in [5.74, 6) is -0.0235. The molecule has 1 atom stereocenters. The molecule has 1 fully saturated rings. The van der Waals surface area contributed by atoms with Gasteiger partial charge in [-0.2, -0.15) is 0 Å². The molecular weight excluding hydrogens is 578 g/mol. The lowest BCUT2D eigenvalue weighted by atomic mass is 9.94. The molecule has 44 heavy (non-hydrogen) atoms. The molecule has 3 aromatic rings. The smallest absolute Gasteiger partial charge is 0.244 e. The molecule has 2 amide bonds. The summed E-state index contributed by atoms with van der Waals surface area (Å²) in [6.07, 6.45) is 6.37. The van der Waals surface area contributed by atoms with Crippen LogP contribution in [-0.2, 0) is 32.6 Å². The van der Waals surface area contributed by atoms with Crippen LogP contribution in [0.4, 0.5) is 5.69 Å². The number of nitrogens with one attached hydrogen (secondary N) is 1. The molecule has 10 heteroatoms. The van der Waals surface area contributed by atoms with Crippen molar-refractivity contribution in [1.82, 2.24) is 10.2 Å². The second-order valence-corrected chi connectivity index (χ2v) is 13.2. The predicted molar refractivity (Wildman–Crippen MR) is 172 cm³/mol. The monoisotopic (exact) mass is 621 g/mol. The average Bonchev–Trinajstić information content (AvgIpc) is 3.02. The first-order chi connectivity index (χ1) is 21.1. The average molecular weight is 622 g/mol. The molecule has 4 rings (SSSR count). The third kappa shape index (κ3) is 8.53. The van der Waals surface area contributed by atoms with Gasteiger partial charge in [0.1, 0.15) is 24.1 Å². The molecule has 1 aliphatic carbocycles. The Morgan fingerprint density at radius 2 is 1.61 bits per heavy atom. The van der Waals surface area contributed by atoms with E-state index in [0.29, 0.717) is 5.75 Å². The van der Waals surface area contributed by atoms with Gasteiger partial charge in [-0.3, -0.25) is 13.9 Å². The fraction of sp³-hybridized carbons (Fsp3) is 0.412. The Balaban J connectivity index is 1.76. The van der Waals surface area contributed by atoms with Crippen LogP contribution in [0.15, 0.2) is 72.8 Å². The van der Waals surface area contributed by atoms with Gasteiger partial charge in [0.15, 0.2) is 0 Å². The first-order valence-electron chi connectivity index (χ1n) is 15.0. The maximum atomic E-state index is 14.4. The number of sulfonamides is 1. The Hall–Kier alpha value is -4.05. The molecule has 3 aromatic carbocycles. The van der Waals surface area contributed by atoms with Crippen LogP contribution in [0.3, 0.4) is 0 Å². The number of methoxy groups -OCH3 is 2. The Kier molecular flexibility index (Phi) is 11.3. The van der Waals surface area contributed by atoms with Crippen LogP contribution < -0.4 is 19.1 Å². The Bertz CT molecular complexity index is 1520. The van der Waals surface area contributed by atoms with Crippen LogP contribution in [0, 0.1) is 6.92 Å². The number of carbonyl (C=O) groups excluding carboxylic acids is 2. The molecule has 9 nitrogen and oxygen atoms in total. The molecule has 236 valence electrons. The number of anilines is 1. The van der Waals surface area contributed by atoms with Gasteiger partial charge in [0.2, 0.25) is 21.8 Å². The normalized spacial score (nSPS) is 14.4. The Labute approximate surface area is 261 Å². The zero-order valence-corrected chi connectivity index (χ0v) is 26.8. The SMILES string of the molecule is COc1ccc(N(CC(=O)N(Cc2ccccc2C)[C@H](Cc2ccccc2)C(=O)NC2CCCCC2)S(C)(=O)=O)c(OC)c1. The highest BCUT2D eigenvalue weighted by Gasteiger charge is 2.35. The number of rotatable bonds is 13. The molecule has 0 aromatic heterocycles. The van der Waals surface area contributed by atoms with E-state index in [2.05, 4.69) is 5.32 Å². The molecule has 1 N–H and O–H groups in total. The zero-order valence-electron chi connectivity index (χ0n) is 26.0. The lowest BCUT2D eigenvalue weighted by Crippen LogP contribution is -2.55. The van der Waals surface area contributed by atoms with Gasteiger partial charge in [-0.05, 0) is 48.6 Å². The summed E-state index contributed by atoms with van der Waals surface area (Å²) in [4.78, 5) is 30.0. The summed E-state index contributed by atoms with van der Waals surface area (Å²) in [7, 11) is -1.01. The van der Waals surface area contributed by atoms with Gasteiger partial charge in [0, 0.05) is 25.1 Å². The maximum Gasteiger partial charge on any atom is 0.244 e. The Morgan fingerprint density at radius 1 is 0.932 bits per heavy atom. The van der Waals surface area contributed by atoms with Crippen molar-refractivity contribution in [2.45, 2.75) is 64.1 Å². The minimum atomic E-state index is -3.94. The van der Waals surface area contributed by atoms with E-state index in [-0.39, 0.29) is 36.4 Å². The summed E-state index contributed by atoms with van der Waals surface area (Å²) >= 11 is 0. The van der Waals surface area contributed by atoms with Gasteiger partial charge >= 0.3 is 0 Å². The number of carbonyl (C=O) groups is 2. The van der Waals surface area contributed by atoms with Gasteiger partial charge in [0.25, 0.3) is 0 Å². The van der Waals surface area contributed by atoms with Crippen LogP contribution in [0.2, 0.25) is 0 Å². The summed E-state index contributed by atoms with van der Waals surface area (Å²) in [5.41, 5.74) is 2.94. The fourth-order valence-electron chi connectivity index (χ4n) is 5.65. The molecule has 0 aliphatic heterocycles. The van der Waals surface area contributed by atoms with E-state index in [4.69, 9.17) is 9.47 Å². The second-order valence-electron chi connectivity index (χ2n) is 11.3. The second kappa shape index (κ2) is 15.1. The van der Waals surface area contributed by atoms with Crippen LogP contribution >= 0.6 is 0 Å². The number of benzene rings is 3. The van der Waals surface area contributed by atoms with E-state index in [9.17, 15) is 18.0 Å². The molecule has 1 saturated carbocycles. The van der Waals surface area contributed by atoms with Crippen molar-refractivity contribution in [2.75, 3.05) is 31.3 Å². The molecule has 0 radical (unpaired) electrons. The highest BCUT2D eigenvalue weighted by atomic mass is 32.2. The number of hydrogen-bond acceptors (Lipinski definition) is 6. The third-order valence-corrected chi connectivity index (χ3v) is 9.29. The van der Waals surface area contributed by atoms with Crippen molar-refractivity contribution < 1.29 is 27.5 Å². The molecule has 0 saturated heterocycles. The standard InChI is InChI=1S/C34H43N3O6S/c1-25-13-11-12-16-27(25)23-36(31(21-26-14-7-5-8-15-26)34(39)35-28-17-9-6-10-18-28)33(38)24-37(44(4,40)41)30-20-19-29(42-2)22-32(30)43-3/h5,7-8,11-16,19-20,22,28,31H,6,9-10,17-18,21,23-24H2,1-4H3,(H,35,39)/t31-/m1/s1. The first-order valence-corrected chi connectivity index (χ1v) is 16.8. The Morgan fingerprint density at radius 3 is 2.25 bits per heavy atom. The van der Waals surface area contributed by atoms with Gasteiger partial charge in [-0.25, -0.2) is 8.42 Å². The van der Waals surface area contributed by atoms with Crippen molar-refractivity contribution in [1.29, 1.82) is 0 Å². The predicted octanol–water partition coefficient (Wildman–Crippen LogP) is 4.87. The molecule has 0 bridgehead atoms. The summed E-state index contributed by atoms with van der Waals surface area (Å²) < 4.78 is 38.1. The number of nitrogens with zero attached hydrogens (tertiary/aromatic N) is 2. The van der Waals surface area contributed by atoms with Crippen LogP contribution in [0.5, 0.6) is 11.5 Å². The van der Waals surface area contributed by atoms with E-state index in [0.717, 1.165) is 59.4 Å². The summed E-state index contributed by atoms with van der Waals surface area (Å²) in [6, 6.07) is 21.2. The minimum Gasteiger partial charge on any atom is -0.497 e. The van der Waals surface area contributed by atoms with Crippen molar-refractivity contribution in [3.05, 3.63) is 89.5 Å². The number of ether oxygens (including phenoxy) is 2. The first kappa shape index (κ1) is 32.9. The zero-order chi connectivity index (χ0) is 31.7. The van der Waals surface area contributed by atoms with Crippen LogP contribution in [0.25, 0.3) is 0 Å². The summed E-state index contributed by atoms with van der Waals surface area (Å²) in [6.45, 7) is 1.57. The quantitative estimate of drug-likeness (QED) is 0.292. The topological polar surface area (TPSA) is 105 Å². The molecule has 0 heterocycles. The van der Waals surface area contributed by atoms with Gasteiger partial charge in [-0.15, -0.1) is 0 Å².